The number of ether oxygens (including phenoxy) is 1. The van der Waals surface area contributed by atoms with Crippen LogP contribution in [0.5, 0.6) is 0 Å². The highest BCUT2D eigenvalue weighted by atomic mass is 28.4. The van der Waals surface area contributed by atoms with Crippen molar-refractivity contribution >= 4 is 9.05 Å². The smallest absolute Gasteiger partial charge is 0.382 e. The Morgan fingerprint density at radius 2 is 1.21 bits per heavy atom. The second-order valence-electron chi connectivity index (χ2n) is 1.95. The Labute approximate surface area is 88.7 Å². The van der Waals surface area contributed by atoms with Gasteiger partial charge in [0.2, 0.25) is 0 Å². The molecule has 0 radical (unpaired) electrons. The fourth-order valence-electron chi connectivity index (χ4n) is 0.677. The summed E-state index contributed by atoms with van der Waals surface area (Å²) in [6.45, 7) is 0.892. The summed E-state index contributed by atoms with van der Waals surface area (Å²) in [6, 6.07) is 0. The topological polar surface area (TPSA) is 46.2 Å². The summed E-state index contributed by atoms with van der Waals surface area (Å²) in [4.78, 5) is 0. The second-order valence-corrected chi connectivity index (χ2v) is 4.47. The molecule has 0 atom stereocenters. The molecular weight excluding hydrogens is 204 g/mol. The van der Waals surface area contributed by atoms with Gasteiger partial charge < -0.3 is 22.4 Å². The summed E-state index contributed by atoms with van der Waals surface area (Å²) in [6.07, 6.45) is 0. The van der Waals surface area contributed by atoms with E-state index < -0.39 is 9.05 Å². The maximum absolute atomic E-state index is 5.26. The van der Waals surface area contributed by atoms with Crippen LogP contribution in [0.3, 0.4) is 0 Å². The predicted octanol–water partition coefficient (Wildman–Crippen LogP) is 1.30. The van der Waals surface area contributed by atoms with E-state index >= 15 is 0 Å². The first-order valence-electron chi connectivity index (χ1n) is 3.53. The molecule has 6 heteroatoms. The van der Waals surface area contributed by atoms with Crippen molar-refractivity contribution in [1.82, 2.24) is 0 Å². The van der Waals surface area contributed by atoms with Crippen molar-refractivity contribution in [3.8, 4) is 0 Å². The van der Waals surface area contributed by atoms with Crippen LogP contribution < -0.4 is 0 Å². The molecule has 0 aliphatic rings. The summed E-state index contributed by atoms with van der Waals surface area (Å²) < 4.78 is 25.1. The van der Waals surface area contributed by atoms with Crippen molar-refractivity contribution in [2.75, 3.05) is 41.7 Å². The van der Waals surface area contributed by atoms with Crippen LogP contribution in [0.15, 0.2) is 0 Å². The Bertz CT molecular complexity index is 99.6. The lowest BCUT2D eigenvalue weighted by Crippen LogP contribution is -2.47. The zero-order valence-corrected chi connectivity index (χ0v) is 8.96. The summed E-state index contributed by atoms with van der Waals surface area (Å²) >= 11 is 0. The summed E-state index contributed by atoms with van der Waals surface area (Å²) in [5, 5.41) is 0. The Hall–Kier alpha value is 0.0169. The second kappa shape index (κ2) is 11.1. The van der Waals surface area contributed by atoms with Crippen LogP contribution in [0, 0.1) is 0 Å². The van der Waals surface area contributed by atoms with E-state index in [4.69, 9.17) is 22.4 Å². The van der Waals surface area contributed by atoms with Gasteiger partial charge in [0.15, 0.2) is 0 Å². The third-order valence-corrected chi connectivity index (χ3v) is 3.37. The van der Waals surface area contributed by atoms with Gasteiger partial charge in [0.25, 0.3) is 0 Å². The monoisotopic (exact) mass is 228 g/mol. The Balaban J connectivity index is -0.000000605. The predicted molar refractivity (Wildman–Crippen MR) is 58.1 cm³/mol. The van der Waals surface area contributed by atoms with Crippen molar-refractivity contribution in [3.05, 3.63) is 0 Å². The summed E-state index contributed by atoms with van der Waals surface area (Å²) in [7, 11) is 3.24. The highest BCUT2D eigenvalue weighted by Crippen LogP contribution is 2.06. The molecule has 0 heterocycles. The Kier molecular flexibility index (Phi) is 15.5. The van der Waals surface area contributed by atoms with Crippen LogP contribution in [-0.2, 0) is 22.4 Å². The zero-order valence-electron chi connectivity index (χ0n) is 7.96. The van der Waals surface area contributed by atoms with Gasteiger partial charge in [-0.2, -0.15) is 0 Å². The molecule has 0 amide bonds. The highest BCUT2D eigenvalue weighted by Gasteiger charge is 2.41. The first-order valence-corrected chi connectivity index (χ1v) is 5.16. The summed E-state index contributed by atoms with van der Waals surface area (Å²) in [5.74, 6) is 0. The molecule has 0 aliphatic carbocycles. The highest BCUT2D eigenvalue weighted by molar-refractivity contribution is 6.53. The van der Waals surface area contributed by atoms with Gasteiger partial charge in [-0.1, -0.05) is 14.9 Å². The molecule has 0 aliphatic heterocycles. The van der Waals surface area contributed by atoms with E-state index in [1.807, 2.05) is 0 Å². The molecule has 0 aromatic rings. The maximum atomic E-state index is 5.26. The van der Waals surface area contributed by atoms with E-state index in [0.717, 1.165) is 0 Å². The van der Waals surface area contributed by atoms with E-state index in [0.29, 0.717) is 13.2 Å². The average molecular weight is 228 g/mol. The fraction of sp³-hybridized carbons (Fsp3) is 1.00. The van der Waals surface area contributed by atoms with Crippen LogP contribution in [-0.4, -0.2) is 50.7 Å². The molecule has 0 fully saturated rings. The van der Waals surface area contributed by atoms with Gasteiger partial charge in [0, 0.05) is 28.4 Å². The molecule has 0 aromatic carbocycles. The van der Waals surface area contributed by atoms with Crippen molar-refractivity contribution < 1.29 is 22.4 Å². The van der Waals surface area contributed by atoms with E-state index in [2.05, 4.69) is 0 Å². The van der Waals surface area contributed by atoms with Gasteiger partial charge in [-0.15, -0.1) is 0 Å². The number of rotatable bonds is 7. The van der Waals surface area contributed by atoms with Gasteiger partial charge in [-0.05, 0) is 0 Å². The van der Waals surface area contributed by atoms with E-state index in [1.165, 1.54) is 21.3 Å². The fourth-order valence-corrected chi connectivity index (χ4v) is 1.86. The molecule has 90 valence electrons. The average Bonchev–Trinajstić information content (AvgIpc) is 2.14. The standard InChI is InChI=1S/C6H16O5Si.2CH4/c1-7-5-6-11-12(8-2,9-3)10-4;;/h5-6H2,1-4H3;2*1H4. The van der Waals surface area contributed by atoms with E-state index in [1.54, 1.807) is 7.11 Å². The molecule has 5 nitrogen and oxygen atoms in total. The molecule has 0 N–H and O–H groups in total. The molecule has 0 aromatic heterocycles. The molecule has 0 rings (SSSR count). The SMILES string of the molecule is C.C.COCCO[Si](OC)(OC)OC. The van der Waals surface area contributed by atoms with Gasteiger partial charge in [0.1, 0.15) is 0 Å². The normalized spacial score (nSPS) is 10.3. The van der Waals surface area contributed by atoms with Crippen LogP contribution in [0.4, 0.5) is 0 Å². The molecular formula is C8H24O5Si. The molecule has 14 heavy (non-hydrogen) atoms. The number of hydrogen-bond acceptors (Lipinski definition) is 5. The molecule has 0 saturated carbocycles. The van der Waals surface area contributed by atoms with Gasteiger partial charge in [-0.25, -0.2) is 0 Å². The van der Waals surface area contributed by atoms with Crippen LogP contribution in [0.2, 0.25) is 0 Å². The Morgan fingerprint density at radius 1 is 0.786 bits per heavy atom. The molecule has 0 bridgehead atoms. The quantitative estimate of drug-likeness (QED) is 0.485. The molecule has 0 spiro atoms. The van der Waals surface area contributed by atoms with Crippen molar-refractivity contribution in [2.24, 2.45) is 0 Å². The van der Waals surface area contributed by atoms with Crippen LogP contribution in [0.1, 0.15) is 14.9 Å². The molecule has 0 unspecified atom stereocenters. The minimum Gasteiger partial charge on any atom is -0.382 e. The minimum atomic E-state index is -2.83. The third kappa shape index (κ3) is 6.47. The maximum Gasteiger partial charge on any atom is 0.678 e. The first kappa shape index (κ1) is 19.6. The third-order valence-electron chi connectivity index (χ3n) is 1.32. The first-order chi connectivity index (χ1) is 5.74. The zero-order chi connectivity index (χ0) is 9.45. The number of hydrogen-bond donors (Lipinski definition) is 0. The Morgan fingerprint density at radius 3 is 1.50 bits per heavy atom. The van der Waals surface area contributed by atoms with Gasteiger partial charge in [0.05, 0.1) is 13.2 Å². The van der Waals surface area contributed by atoms with Gasteiger partial charge >= 0.3 is 9.05 Å². The van der Waals surface area contributed by atoms with Crippen LogP contribution >= 0.6 is 0 Å². The van der Waals surface area contributed by atoms with E-state index in [9.17, 15) is 0 Å². The van der Waals surface area contributed by atoms with Crippen molar-refractivity contribution in [1.29, 1.82) is 0 Å². The minimum absolute atomic E-state index is 0. The largest absolute Gasteiger partial charge is 0.678 e. The lowest BCUT2D eigenvalue weighted by Gasteiger charge is -2.22. The van der Waals surface area contributed by atoms with Gasteiger partial charge in [-0.3, -0.25) is 0 Å². The lowest BCUT2D eigenvalue weighted by atomic mass is 10.8. The lowest BCUT2D eigenvalue weighted by molar-refractivity contribution is -0.00671. The van der Waals surface area contributed by atoms with Crippen LogP contribution in [0.25, 0.3) is 0 Å². The summed E-state index contributed by atoms with van der Waals surface area (Å²) in [5.41, 5.74) is 0. The molecule has 0 saturated heterocycles. The van der Waals surface area contributed by atoms with Crippen molar-refractivity contribution in [3.63, 3.8) is 0 Å². The van der Waals surface area contributed by atoms with E-state index in [-0.39, 0.29) is 14.9 Å². The number of methoxy groups -OCH3 is 1. The van der Waals surface area contributed by atoms with Crippen molar-refractivity contribution in [2.45, 2.75) is 14.9 Å².